The Labute approximate surface area is 164 Å². The summed E-state index contributed by atoms with van der Waals surface area (Å²) in [4.78, 5) is 27.4. The van der Waals surface area contributed by atoms with E-state index in [2.05, 4.69) is 5.10 Å². The number of para-hydroxylation sites is 1. The minimum atomic E-state index is -0.229. The molecule has 2 aromatic heterocycles. The quantitative estimate of drug-likeness (QED) is 0.539. The number of thiocarbonyl (C=S) groups is 1. The minimum Gasteiger partial charge on any atom is -0.467 e. The lowest BCUT2D eigenvalue weighted by molar-refractivity contribution is -0.122. The Bertz CT molecular complexity index is 1100. The number of furan rings is 1. The number of aromatic amines is 1. The smallest absolute Gasteiger partial charge is 0.278 e. The van der Waals surface area contributed by atoms with E-state index in [1.807, 2.05) is 30.3 Å². The van der Waals surface area contributed by atoms with Crippen LogP contribution >= 0.6 is 24.0 Å². The standard InChI is InChI=1S/C19H15N3O3S2/c1-12-15(17(23)22(20-12)13-6-3-2-4-7-13)10-16-18(24)21(19(26)27-16)11-14-8-5-9-25-14/h2-10,20H,11H2,1H3. The molecule has 4 rings (SSSR count). The summed E-state index contributed by atoms with van der Waals surface area (Å²) in [5.41, 5.74) is 1.64. The molecule has 6 nitrogen and oxygen atoms in total. The van der Waals surface area contributed by atoms with Crippen molar-refractivity contribution < 1.29 is 9.21 Å². The van der Waals surface area contributed by atoms with E-state index in [-0.39, 0.29) is 18.0 Å². The van der Waals surface area contributed by atoms with E-state index in [0.29, 0.717) is 26.2 Å². The Morgan fingerprint density at radius 3 is 2.67 bits per heavy atom. The number of benzene rings is 1. The van der Waals surface area contributed by atoms with Gasteiger partial charge in [-0.15, -0.1) is 0 Å². The van der Waals surface area contributed by atoms with Crippen LogP contribution < -0.4 is 5.56 Å². The monoisotopic (exact) mass is 397 g/mol. The molecular weight excluding hydrogens is 382 g/mol. The highest BCUT2D eigenvalue weighted by atomic mass is 32.2. The summed E-state index contributed by atoms with van der Waals surface area (Å²) in [6.45, 7) is 2.08. The van der Waals surface area contributed by atoms with Gasteiger partial charge in [0.25, 0.3) is 11.5 Å². The van der Waals surface area contributed by atoms with Gasteiger partial charge in [0, 0.05) is 5.69 Å². The molecular formula is C19H15N3O3S2. The molecule has 3 heterocycles. The normalized spacial score (nSPS) is 15.9. The summed E-state index contributed by atoms with van der Waals surface area (Å²) >= 11 is 6.51. The average molecular weight is 397 g/mol. The van der Waals surface area contributed by atoms with Crippen LogP contribution in [0.5, 0.6) is 0 Å². The number of carbonyl (C=O) groups is 1. The average Bonchev–Trinajstić information content (AvgIpc) is 3.35. The van der Waals surface area contributed by atoms with E-state index in [1.165, 1.54) is 21.3 Å². The van der Waals surface area contributed by atoms with Crippen LogP contribution in [0.15, 0.2) is 62.8 Å². The van der Waals surface area contributed by atoms with Crippen LogP contribution in [-0.2, 0) is 11.3 Å². The van der Waals surface area contributed by atoms with E-state index in [4.69, 9.17) is 16.6 Å². The number of nitrogens with one attached hydrogen (secondary N) is 1. The predicted molar refractivity (Wildman–Crippen MR) is 109 cm³/mol. The van der Waals surface area contributed by atoms with Crippen molar-refractivity contribution in [3.05, 3.63) is 81.0 Å². The number of aromatic nitrogens is 2. The highest BCUT2D eigenvalue weighted by Crippen LogP contribution is 2.33. The van der Waals surface area contributed by atoms with Crippen LogP contribution in [0.1, 0.15) is 17.0 Å². The predicted octanol–water partition coefficient (Wildman–Crippen LogP) is 3.47. The number of H-pyrrole nitrogens is 1. The number of amides is 1. The molecule has 0 spiro atoms. The first-order valence-electron chi connectivity index (χ1n) is 8.19. The summed E-state index contributed by atoms with van der Waals surface area (Å²) in [5, 5.41) is 3.05. The molecule has 0 saturated carbocycles. The minimum absolute atomic E-state index is 0.213. The molecule has 1 aliphatic heterocycles. The lowest BCUT2D eigenvalue weighted by Crippen LogP contribution is -2.27. The van der Waals surface area contributed by atoms with E-state index < -0.39 is 0 Å². The van der Waals surface area contributed by atoms with Gasteiger partial charge in [-0.1, -0.05) is 42.2 Å². The molecule has 1 saturated heterocycles. The summed E-state index contributed by atoms with van der Waals surface area (Å²) in [7, 11) is 0. The number of thioether (sulfide) groups is 1. The Morgan fingerprint density at radius 2 is 1.96 bits per heavy atom. The Morgan fingerprint density at radius 1 is 1.19 bits per heavy atom. The van der Waals surface area contributed by atoms with Gasteiger partial charge in [-0.25, -0.2) is 4.68 Å². The largest absolute Gasteiger partial charge is 0.467 e. The number of nitrogens with zero attached hydrogens (tertiary/aromatic N) is 2. The van der Waals surface area contributed by atoms with Crippen LogP contribution in [0.2, 0.25) is 0 Å². The van der Waals surface area contributed by atoms with Gasteiger partial charge in [0.15, 0.2) is 0 Å². The molecule has 8 heteroatoms. The van der Waals surface area contributed by atoms with Crippen LogP contribution in [0.4, 0.5) is 0 Å². The molecule has 0 atom stereocenters. The van der Waals surface area contributed by atoms with Crippen molar-refractivity contribution in [3.63, 3.8) is 0 Å². The molecule has 1 N–H and O–H groups in total. The number of hydrogen-bond acceptors (Lipinski definition) is 5. The fourth-order valence-corrected chi connectivity index (χ4v) is 4.05. The first kappa shape index (κ1) is 17.6. The maximum absolute atomic E-state index is 12.8. The van der Waals surface area contributed by atoms with E-state index in [0.717, 1.165) is 5.69 Å². The summed E-state index contributed by atoms with van der Waals surface area (Å²) < 4.78 is 7.20. The van der Waals surface area contributed by atoms with Crippen LogP contribution in [0.25, 0.3) is 11.8 Å². The third-order valence-corrected chi connectivity index (χ3v) is 5.55. The number of hydrogen-bond donors (Lipinski definition) is 1. The SMILES string of the molecule is Cc1[nH]n(-c2ccccc2)c(=O)c1C=C1SC(=S)N(Cc2ccco2)C1=O. The summed E-state index contributed by atoms with van der Waals surface area (Å²) in [5.74, 6) is 0.421. The van der Waals surface area contributed by atoms with Crippen LogP contribution in [0, 0.1) is 6.92 Å². The van der Waals surface area contributed by atoms with Gasteiger partial charge in [0.2, 0.25) is 0 Å². The molecule has 1 fully saturated rings. The van der Waals surface area contributed by atoms with Crippen LogP contribution in [0.3, 0.4) is 0 Å². The van der Waals surface area contributed by atoms with Gasteiger partial charge < -0.3 is 4.42 Å². The van der Waals surface area contributed by atoms with Crippen molar-refractivity contribution in [2.45, 2.75) is 13.5 Å². The van der Waals surface area contributed by atoms with E-state index in [1.54, 1.807) is 31.4 Å². The Hall–Kier alpha value is -2.84. The summed E-state index contributed by atoms with van der Waals surface area (Å²) in [6.07, 6.45) is 3.16. The van der Waals surface area contributed by atoms with Crippen molar-refractivity contribution in [3.8, 4) is 5.69 Å². The zero-order valence-electron chi connectivity index (χ0n) is 14.3. The fourth-order valence-electron chi connectivity index (χ4n) is 2.81. The molecule has 1 amide bonds. The van der Waals surface area contributed by atoms with Gasteiger partial charge >= 0.3 is 0 Å². The van der Waals surface area contributed by atoms with Gasteiger partial charge in [0.1, 0.15) is 10.1 Å². The molecule has 3 aromatic rings. The van der Waals surface area contributed by atoms with Gasteiger partial charge in [-0.2, -0.15) is 0 Å². The lowest BCUT2D eigenvalue weighted by Gasteiger charge is -2.11. The first-order valence-corrected chi connectivity index (χ1v) is 9.42. The highest BCUT2D eigenvalue weighted by molar-refractivity contribution is 8.26. The maximum Gasteiger partial charge on any atom is 0.278 e. The molecule has 0 aliphatic carbocycles. The lowest BCUT2D eigenvalue weighted by atomic mass is 10.2. The third kappa shape index (κ3) is 3.29. The van der Waals surface area contributed by atoms with Crippen molar-refractivity contribution in [2.75, 3.05) is 0 Å². The molecule has 0 radical (unpaired) electrons. The highest BCUT2D eigenvalue weighted by Gasteiger charge is 2.33. The Kier molecular flexibility index (Phi) is 4.59. The summed E-state index contributed by atoms with van der Waals surface area (Å²) in [6, 6.07) is 12.8. The first-order chi connectivity index (χ1) is 13.0. The molecule has 1 aliphatic rings. The van der Waals surface area contributed by atoms with E-state index in [9.17, 15) is 9.59 Å². The fraction of sp³-hybridized carbons (Fsp3) is 0.105. The second-order valence-electron chi connectivity index (χ2n) is 5.97. The zero-order chi connectivity index (χ0) is 19.0. The van der Waals surface area contributed by atoms with Crippen molar-refractivity contribution in [1.29, 1.82) is 0 Å². The molecule has 136 valence electrons. The van der Waals surface area contributed by atoms with Gasteiger partial charge in [-0.05, 0) is 37.3 Å². The third-order valence-electron chi connectivity index (χ3n) is 4.17. The molecule has 0 unspecified atom stereocenters. The Balaban J connectivity index is 1.66. The number of rotatable bonds is 4. The topological polar surface area (TPSA) is 71.2 Å². The molecule has 0 bridgehead atoms. The molecule has 1 aromatic carbocycles. The maximum atomic E-state index is 12.8. The van der Waals surface area contributed by atoms with Crippen molar-refractivity contribution >= 4 is 40.3 Å². The van der Waals surface area contributed by atoms with Crippen molar-refractivity contribution in [1.82, 2.24) is 14.7 Å². The zero-order valence-corrected chi connectivity index (χ0v) is 16.0. The second kappa shape index (κ2) is 7.05. The van der Waals surface area contributed by atoms with Gasteiger partial charge in [0.05, 0.1) is 29.0 Å². The second-order valence-corrected chi connectivity index (χ2v) is 7.65. The number of aryl methyl sites for hydroxylation is 1. The van der Waals surface area contributed by atoms with Crippen molar-refractivity contribution in [2.24, 2.45) is 0 Å². The molecule has 27 heavy (non-hydrogen) atoms. The van der Waals surface area contributed by atoms with Gasteiger partial charge in [-0.3, -0.25) is 19.6 Å². The number of carbonyl (C=O) groups excluding carboxylic acids is 1. The van der Waals surface area contributed by atoms with Crippen LogP contribution in [-0.4, -0.2) is 24.9 Å². The van der Waals surface area contributed by atoms with E-state index >= 15 is 0 Å².